The van der Waals surface area contributed by atoms with Crippen LogP contribution >= 0.6 is 38.9 Å². The zero-order valence-corrected chi connectivity index (χ0v) is 13.4. The molecular formula is C14H12BrClO2S. The van der Waals surface area contributed by atoms with Crippen LogP contribution < -0.4 is 9.47 Å². The lowest BCUT2D eigenvalue weighted by Gasteiger charge is -2.21. The molecule has 100 valence electrons. The van der Waals surface area contributed by atoms with Crippen molar-refractivity contribution in [3.05, 3.63) is 44.1 Å². The molecule has 2 aromatic rings. The Kier molecular flexibility index (Phi) is 3.74. The maximum absolute atomic E-state index is 6.58. The Labute approximate surface area is 129 Å². The van der Waals surface area contributed by atoms with E-state index < -0.39 is 0 Å². The van der Waals surface area contributed by atoms with Gasteiger partial charge in [-0.3, -0.25) is 0 Å². The summed E-state index contributed by atoms with van der Waals surface area (Å²) in [7, 11) is 0. The van der Waals surface area contributed by atoms with E-state index in [0.717, 1.165) is 26.4 Å². The molecule has 2 heterocycles. The van der Waals surface area contributed by atoms with E-state index in [1.165, 1.54) is 4.88 Å². The van der Waals surface area contributed by atoms with Crippen molar-refractivity contribution in [3.63, 3.8) is 0 Å². The van der Waals surface area contributed by atoms with E-state index in [1.54, 1.807) is 11.3 Å². The minimum absolute atomic E-state index is 0.177. The van der Waals surface area contributed by atoms with Crippen LogP contribution in [-0.4, -0.2) is 13.2 Å². The molecule has 0 radical (unpaired) electrons. The number of thiophene rings is 1. The van der Waals surface area contributed by atoms with Gasteiger partial charge < -0.3 is 9.47 Å². The van der Waals surface area contributed by atoms with Gasteiger partial charge in [-0.25, -0.2) is 0 Å². The van der Waals surface area contributed by atoms with Gasteiger partial charge >= 0.3 is 0 Å². The van der Waals surface area contributed by atoms with Crippen molar-refractivity contribution in [1.82, 2.24) is 0 Å². The molecule has 19 heavy (non-hydrogen) atoms. The van der Waals surface area contributed by atoms with Crippen LogP contribution in [0.1, 0.15) is 20.7 Å². The minimum atomic E-state index is -0.177. The third-order valence-corrected chi connectivity index (χ3v) is 5.30. The minimum Gasteiger partial charge on any atom is -0.486 e. The predicted molar refractivity (Wildman–Crippen MR) is 81.9 cm³/mol. The smallest absolute Gasteiger partial charge is 0.162 e. The van der Waals surface area contributed by atoms with Gasteiger partial charge in [0.15, 0.2) is 11.5 Å². The van der Waals surface area contributed by atoms with E-state index in [9.17, 15) is 0 Å². The quantitative estimate of drug-likeness (QED) is 0.709. The van der Waals surface area contributed by atoms with E-state index in [1.807, 2.05) is 12.1 Å². The Bertz CT molecular complexity index is 611. The van der Waals surface area contributed by atoms with Crippen LogP contribution in [0.15, 0.2) is 28.7 Å². The van der Waals surface area contributed by atoms with Gasteiger partial charge in [0.05, 0.1) is 5.38 Å². The average molecular weight is 360 g/mol. The highest BCUT2D eigenvalue weighted by Crippen LogP contribution is 2.43. The summed E-state index contributed by atoms with van der Waals surface area (Å²) in [5.74, 6) is 1.54. The van der Waals surface area contributed by atoms with Crippen LogP contribution in [0.25, 0.3) is 0 Å². The number of hydrogen-bond donors (Lipinski definition) is 0. The molecule has 1 aromatic heterocycles. The molecule has 0 N–H and O–H groups in total. The van der Waals surface area contributed by atoms with Crippen LogP contribution in [0.2, 0.25) is 0 Å². The molecule has 0 spiro atoms. The van der Waals surface area contributed by atoms with Gasteiger partial charge in [0.1, 0.15) is 13.2 Å². The zero-order valence-electron chi connectivity index (χ0n) is 10.3. The first-order valence-corrected chi connectivity index (χ1v) is 7.99. The molecule has 1 aliphatic rings. The summed E-state index contributed by atoms with van der Waals surface area (Å²) in [4.78, 5) is 2.39. The lowest BCUT2D eigenvalue weighted by molar-refractivity contribution is 0.171. The third-order valence-electron chi connectivity index (χ3n) is 2.95. The molecule has 2 nitrogen and oxygen atoms in total. The van der Waals surface area contributed by atoms with Crippen LogP contribution in [-0.2, 0) is 0 Å². The van der Waals surface area contributed by atoms with Crippen molar-refractivity contribution in [2.75, 3.05) is 13.2 Å². The maximum atomic E-state index is 6.58. The fourth-order valence-corrected chi connectivity index (χ4v) is 3.96. The highest BCUT2D eigenvalue weighted by Gasteiger charge is 2.21. The standard InChI is InChI=1S/C14H12BrClO2S/c1-8-2-3-13(19-8)14(16)9-6-11-12(7-10(9)15)18-5-4-17-11/h2-3,6-7,14H,4-5H2,1H3. The van der Waals surface area contributed by atoms with Crippen LogP contribution in [0.5, 0.6) is 11.5 Å². The zero-order chi connectivity index (χ0) is 13.4. The summed E-state index contributed by atoms with van der Waals surface area (Å²) in [5, 5.41) is -0.177. The molecule has 0 amide bonds. The molecule has 1 aliphatic heterocycles. The van der Waals surface area contributed by atoms with Crippen molar-refractivity contribution >= 4 is 38.9 Å². The number of aryl methyl sites for hydroxylation is 1. The topological polar surface area (TPSA) is 18.5 Å². The fraction of sp³-hybridized carbons (Fsp3) is 0.286. The largest absolute Gasteiger partial charge is 0.486 e. The van der Waals surface area contributed by atoms with Gasteiger partial charge in [-0.15, -0.1) is 22.9 Å². The van der Waals surface area contributed by atoms with E-state index in [4.69, 9.17) is 21.1 Å². The van der Waals surface area contributed by atoms with Crippen LogP contribution in [0.3, 0.4) is 0 Å². The fourth-order valence-electron chi connectivity index (χ4n) is 2.02. The lowest BCUT2D eigenvalue weighted by Crippen LogP contribution is -2.15. The first kappa shape index (κ1) is 13.3. The monoisotopic (exact) mass is 358 g/mol. The molecule has 1 aromatic carbocycles. The summed E-state index contributed by atoms with van der Waals surface area (Å²) in [5.41, 5.74) is 1.01. The Morgan fingerprint density at radius 3 is 2.53 bits per heavy atom. The molecule has 5 heteroatoms. The Hall–Kier alpha value is -0.710. The summed E-state index contributed by atoms with van der Waals surface area (Å²) in [6, 6.07) is 8.05. The first-order chi connectivity index (χ1) is 9.15. The highest BCUT2D eigenvalue weighted by molar-refractivity contribution is 9.10. The van der Waals surface area contributed by atoms with Crippen LogP contribution in [0.4, 0.5) is 0 Å². The summed E-state index contributed by atoms with van der Waals surface area (Å²) < 4.78 is 12.1. The van der Waals surface area contributed by atoms with Gasteiger partial charge in [0, 0.05) is 14.2 Å². The predicted octanol–water partition coefficient (Wildman–Crippen LogP) is 4.92. The van der Waals surface area contributed by atoms with Crippen molar-refractivity contribution in [3.8, 4) is 11.5 Å². The molecule has 3 rings (SSSR count). The Balaban J connectivity index is 2.00. The molecule has 1 unspecified atom stereocenters. The number of benzene rings is 1. The van der Waals surface area contributed by atoms with Gasteiger partial charge in [-0.2, -0.15) is 0 Å². The first-order valence-electron chi connectivity index (χ1n) is 5.94. The van der Waals surface area contributed by atoms with Crippen molar-refractivity contribution < 1.29 is 9.47 Å². The number of alkyl halides is 1. The second-order valence-corrected chi connectivity index (χ2v) is 6.94. The molecule has 0 fully saturated rings. The normalized spacial score (nSPS) is 15.3. The molecular weight excluding hydrogens is 348 g/mol. The number of ether oxygens (including phenoxy) is 2. The van der Waals surface area contributed by atoms with Crippen molar-refractivity contribution in [1.29, 1.82) is 0 Å². The van der Waals surface area contributed by atoms with Gasteiger partial charge in [-0.1, -0.05) is 15.9 Å². The molecule has 0 saturated heterocycles. The Morgan fingerprint density at radius 1 is 1.21 bits per heavy atom. The van der Waals surface area contributed by atoms with Gasteiger partial charge in [0.25, 0.3) is 0 Å². The molecule has 1 atom stereocenters. The van der Waals surface area contributed by atoms with Crippen molar-refractivity contribution in [2.45, 2.75) is 12.3 Å². The second-order valence-electron chi connectivity index (χ2n) is 4.33. The van der Waals surface area contributed by atoms with Crippen molar-refractivity contribution in [2.24, 2.45) is 0 Å². The number of halogens is 2. The average Bonchev–Trinajstić information content (AvgIpc) is 2.84. The molecule has 0 bridgehead atoms. The van der Waals surface area contributed by atoms with E-state index in [0.29, 0.717) is 13.2 Å². The van der Waals surface area contributed by atoms with Gasteiger partial charge in [-0.05, 0) is 36.8 Å². The lowest BCUT2D eigenvalue weighted by atomic mass is 10.1. The van der Waals surface area contributed by atoms with Gasteiger partial charge in [0.2, 0.25) is 0 Å². The summed E-state index contributed by atoms with van der Waals surface area (Å²) in [6.45, 7) is 3.25. The molecule has 0 saturated carbocycles. The number of fused-ring (bicyclic) bond motifs is 1. The SMILES string of the molecule is Cc1ccc(C(Cl)c2cc3c(cc2Br)OCCO3)s1. The number of rotatable bonds is 2. The second kappa shape index (κ2) is 5.35. The molecule has 0 aliphatic carbocycles. The summed E-state index contributed by atoms with van der Waals surface area (Å²) in [6.07, 6.45) is 0. The van der Waals surface area contributed by atoms with Crippen LogP contribution in [0, 0.1) is 6.92 Å². The van der Waals surface area contributed by atoms with E-state index in [2.05, 4.69) is 35.0 Å². The third kappa shape index (κ3) is 2.62. The summed E-state index contributed by atoms with van der Waals surface area (Å²) >= 11 is 11.9. The van der Waals surface area contributed by atoms with E-state index in [-0.39, 0.29) is 5.38 Å². The Morgan fingerprint density at radius 2 is 1.89 bits per heavy atom. The van der Waals surface area contributed by atoms with E-state index >= 15 is 0 Å². The number of hydrogen-bond acceptors (Lipinski definition) is 3. The maximum Gasteiger partial charge on any atom is 0.162 e. The highest BCUT2D eigenvalue weighted by atomic mass is 79.9.